The molecular formula is C16H19N3O. The Kier molecular flexibility index (Phi) is 3.22. The Morgan fingerprint density at radius 1 is 1.30 bits per heavy atom. The lowest BCUT2D eigenvalue weighted by molar-refractivity contribution is 0.101. The third-order valence-corrected chi connectivity index (χ3v) is 3.85. The number of aromatic nitrogens is 1. The third-order valence-electron chi connectivity index (χ3n) is 3.85. The lowest BCUT2D eigenvalue weighted by Gasteiger charge is -2.09. The highest BCUT2D eigenvalue weighted by molar-refractivity contribution is 6.03. The number of anilines is 2. The number of fused-ring (bicyclic) bond motifs is 1. The van der Waals surface area contributed by atoms with Crippen LogP contribution in [0.4, 0.5) is 11.4 Å². The molecule has 1 aliphatic rings. The average molecular weight is 269 g/mol. The summed E-state index contributed by atoms with van der Waals surface area (Å²) in [5.41, 5.74) is 10.6. The number of benzene rings is 1. The van der Waals surface area contributed by atoms with E-state index in [-0.39, 0.29) is 5.91 Å². The van der Waals surface area contributed by atoms with Gasteiger partial charge >= 0.3 is 0 Å². The maximum absolute atomic E-state index is 12.3. The van der Waals surface area contributed by atoms with Crippen molar-refractivity contribution in [3.63, 3.8) is 0 Å². The molecule has 4 nitrogen and oxygen atoms in total. The van der Waals surface area contributed by atoms with E-state index in [0.29, 0.717) is 11.4 Å². The van der Waals surface area contributed by atoms with Crippen LogP contribution in [0.3, 0.4) is 0 Å². The van der Waals surface area contributed by atoms with Gasteiger partial charge in [-0.3, -0.25) is 4.79 Å². The molecule has 1 amide bonds. The first-order valence-corrected chi connectivity index (χ1v) is 7.06. The van der Waals surface area contributed by atoms with Crippen LogP contribution in [0.2, 0.25) is 0 Å². The Labute approximate surface area is 118 Å². The standard InChI is InChI=1S/C16H19N3O/c1-2-19-10-13(17)9-15(19)16(20)18-14-7-6-11-4-3-5-12(11)8-14/h6-10H,2-5,17H2,1H3,(H,18,20). The highest BCUT2D eigenvalue weighted by atomic mass is 16.1. The minimum Gasteiger partial charge on any atom is -0.397 e. The van der Waals surface area contributed by atoms with Crippen molar-refractivity contribution >= 4 is 17.3 Å². The molecule has 1 aromatic heterocycles. The summed E-state index contributed by atoms with van der Waals surface area (Å²) in [6, 6.07) is 7.89. The molecule has 0 atom stereocenters. The number of rotatable bonds is 3. The molecule has 0 bridgehead atoms. The van der Waals surface area contributed by atoms with Gasteiger partial charge in [-0.15, -0.1) is 0 Å². The summed E-state index contributed by atoms with van der Waals surface area (Å²) in [6.07, 6.45) is 5.26. The first kappa shape index (κ1) is 12.8. The van der Waals surface area contributed by atoms with Crippen LogP contribution in [0, 0.1) is 0 Å². The Morgan fingerprint density at radius 2 is 2.10 bits per heavy atom. The van der Waals surface area contributed by atoms with E-state index in [1.807, 2.05) is 17.6 Å². The maximum Gasteiger partial charge on any atom is 0.272 e. The summed E-state index contributed by atoms with van der Waals surface area (Å²) in [4.78, 5) is 12.3. The minimum atomic E-state index is -0.110. The first-order chi connectivity index (χ1) is 9.67. The predicted molar refractivity (Wildman–Crippen MR) is 80.9 cm³/mol. The third kappa shape index (κ3) is 2.29. The van der Waals surface area contributed by atoms with Crippen molar-refractivity contribution in [2.24, 2.45) is 0 Å². The van der Waals surface area contributed by atoms with Gasteiger partial charge in [-0.1, -0.05) is 6.07 Å². The zero-order valence-electron chi connectivity index (χ0n) is 11.6. The van der Waals surface area contributed by atoms with E-state index >= 15 is 0 Å². The summed E-state index contributed by atoms with van der Waals surface area (Å²) < 4.78 is 1.86. The smallest absolute Gasteiger partial charge is 0.272 e. The molecule has 4 heteroatoms. The van der Waals surface area contributed by atoms with Crippen LogP contribution in [0.15, 0.2) is 30.5 Å². The van der Waals surface area contributed by atoms with E-state index in [1.165, 1.54) is 17.5 Å². The lowest BCUT2D eigenvalue weighted by Crippen LogP contribution is -2.16. The van der Waals surface area contributed by atoms with Crippen molar-refractivity contribution in [2.45, 2.75) is 32.7 Å². The molecule has 0 fully saturated rings. The van der Waals surface area contributed by atoms with Gasteiger partial charge in [-0.2, -0.15) is 0 Å². The molecule has 0 spiro atoms. The maximum atomic E-state index is 12.3. The van der Waals surface area contributed by atoms with Crippen molar-refractivity contribution < 1.29 is 4.79 Å². The predicted octanol–water partition coefficient (Wildman–Crippen LogP) is 2.83. The van der Waals surface area contributed by atoms with E-state index in [0.717, 1.165) is 25.1 Å². The van der Waals surface area contributed by atoms with Crippen LogP contribution in [-0.4, -0.2) is 10.5 Å². The molecule has 0 aliphatic heterocycles. The monoisotopic (exact) mass is 269 g/mol. The molecule has 2 aromatic rings. The van der Waals surface area contributed by atoms with Crippen molar-refractivity contribution in [2.75, 3.05) is 11.1 Å². The second-order valence-electron chi connectivity index (χ2n) is 5.24. The van der Waals surface area contributed by atoms with Crippen LogP contribution in [-0.2, 0) is 19.4 Å². The van der Waals surface area contributed by atoms with Crippen LogP contribution < -0.4 is 11.1 Å². The number of hydrogen-bond acceptors (Lipinski definition) is 2. The molecule has 0 saturated heterocycles. The summed E-state index contributed by atoms with van der Waals surface area (Å²) in [5, 5.41) is 2.96. The molecule has 104 valence electrons. The van der Waals surface area contributed by atoms with Gasteiger partial charge < -0.3 is 15.6 Å². The van der Waals surface area contributed by atoms with Crippen LogP contribution in [0.25, 0.3) is 0 Å². The number of nitrogen functional groups attached to an aromatic ring is 1. The van der Waals surface area contributed by atoms with Crippen LogP contribution in [0.1, 0.15) is 35.0 Å². The fourth-order valence-electron chi connectivity index (χ4n) is 2.83. The van der Waals surface area contributed by atoms with Gasteiger partial charge in [0.25, 0.3) is 5.91 Å². The van der Waals surface area contributed by atoms with E-state index in [2.05, 4.69) is 17.4 Å². The highest BCUT2D eigenvalue weighted by Crippen LogP contribution is 2.25. The van der Waals surface area contributed by atoms with Crippen LogP contribution >= 0.6 is 0 Å². The van der Waals surface area contributed by atoms with Gasteiger partial charge in [0.15, 0.2) is 0 Å². The van der Waals surface area contributed by atoms with Crippen LogP contribution in [0.5, 0.6) is 0 Å². The lowest BCUT2D eigenvalue weighted by atomic mass is 10.1. The second-order valence-corrected chi connectivity index (χ2v) is 5.24. The molecule has 1 aromatic carbocycles. The van der Waals surface area contributed by atoms with Gasteiger partial charge in [-0.25, -0.2) is 0 Å². The van der Waals surface area contributed by atoms with E-state index in [9.17, 15) is 4.79 Å². The normalized spacial score (nSPS) is 13.2. The van der Waals surface area contributed by atoms with Gasteiger partial charge in [0.1, 0.15) is 5.69 Å². The van der Waals surface area contributed by atoms with Crippen molar-refractivity contribution in [1.29, 1.82) is 0 Å². The fraction of sp³-hybridized carbons (Fsp3) is 0.312. The first-order valence-electron chi connectivity index (χ1n) is 7.06. The molecule has 1 heterocycles. The average Bonchev–Trinajstić information content (AvgIpc) is 3.03. The Hall–Kier alpha value is -2.23. The Balaban J connectivity index is 1.82. The van der Waals surface area contributed by atoms with E-state index in [1.54, 1.807) is 12.3 Å². The topological polar surface area (TPSA) is 60.0 Å². The van der Waals surface area contributed by atoms with E-state index < -0.39 is 0 Å². The Morgan fingerprint density at radius 3 is 2.90 bits per heavy atom. The Bertz CT molecular complexity index is 658. The molecular weight excluding hydrogens is 250 g/mol. The largest absolute Gasteiger partial charge is 0.397 e. The van der Waals surface area contributed by atoms with Crippen molar-refractivity contribution in [1.82, 2.24) is 4.57 Å². The SMILES string of the molecule is CCn1cc(N)cc1C(=O)Nc1ccc2c(c1)CCC2. The van der Waals surface area contributed by atoms with Gasteiger partial charge in [-0.05, 0) is 55.5 Å². The molecule has 3 rings (SSSR count). The molecule has 0 saturated carbocycles. The molecule has 0 radical (unpaired) electrons. The van der Waals surface area contributed by atoms with E-state index in [4.69, 9.17) is 5.73 Å². The number of carbonyl (C=O) groups excluding carboxylic acids is 1. The van der Waals surface area contributed by atoms with Crippen molar-refractivity contribution in [3.8, 4) is 0 Å². The molecule has 3 N–H and O–H groups in total. The fourth-order valence-corrected chi connectivity index (χ4v) is 2.83. The zero-order valence-corrected chi connectivity index (χ0v) is 11.6. The van der Waals surface area contributed by atoms with Gasteiger partial charge in [0.05, 0.1) is 5.69 Å². The highest BCUT2D eigenvalue weighted by Gasteiger charge is 2.15. The number of aryl methyl sites for hydroxylation is 3. The number of amides is 1. The minimum absolute atomic E-state index is 0.110. The number of nitrogens with one attached hydrogen (secondary N) is 1. The molecule has 0 unspecified atom stereocenters. The second kappa shape index (κ2) is 5.04. The number of carbonyl (C=O) groups is 1. The van der Waals surface area contributed by atoms with Gasteiger partial charge in [0.2, 0.25) is 0 Å². The summed E-state index contributed by atoms with van der Waals surface area (Å²) in [7, 11) is 0. The molecule has 20 heavy (non-hydrogen) atoms. The summed E-state index contributed by atoms with van der Waals surface area (Å²) >= 11 is 0. The molecule has 1 aliphatic carbocycles. The summed E-state index contributed by atoms with van der Waals surface area (Å²) in [5.74, 6) is -0.110. The van der Waals surface area contributed by atoms with Gasteiger partial charge in [0, 0.05) is 18.4 Å². The number of nitrogens with two attached hydrogens (primary N) is 1. The quantitative estimate of drug-likeness (QED) is 0.900. The zero-order chi connectivity index (χ0) is 14.1. The van der Waals surface area contributed by atoms with Crippen molar-refractivity contribution in [3.05, 3.63) is 47.3 Å². The number of hydrogen-bond donors (Lipinski definition) is 2. The summed E-state index contributed by atoms with van der Waals surface area (Å²) in [6.45, 7) is 2.72. The number of nitrogens with zero attached hydrogens (tertiary/aromatic N) is 1.